The van der Waals surface area contributed by atoms with Gasteiger partial charge in [-0.05, 0) is 29.6 Å². The molecular weight excluding hydrogens is 315 g/mol. The number of thiophene rings is 1. The van der Waals surface area contributed by atoms with Crippen molar-refractivity contribution in [3.63, 3.8) is 0 Å². The Morgan fingerprint density at radius 2 is 2.10 bits per heavy atom. The molecule has 0 aliphatic heterocycles. The van der Waals surface area contributed by atoms with Gasteiger partial charge in [0.25, 0.3) is 5.91 Å². The van der Waals surface area contributed by atoms with Gasteiger partial charge in [-0.2, -0.15) is 11.3 Å². The zero-order valence-electron chi connectivity index (χ0n) is 10.9. The normalized spacial score (nSPS) is 10.2. The van der Waals surface area contributed by atoms with Crippen LogP contribution in [0.4, 0.5) is 10.1 Å². The molecule has 2 aromatic rings. The zero-order valence-corrected chi connectivity index (χ0v) is 12.4. The van der Waals surface area contributed by atoms with Gasteiger partial charge in [0.2, 0.25) is 5.91 Å². The second kappa shape index (κ2) is 7.19. The summed E-state index contributed by atoms with van der Waals surface area (Å²) in [5.74, 6) is -1.22. The number of nitrogens with one attached hydrogen (secondary N) is 2. The van der Waals surface area contributed by atoms with E-state index in [1.807, 2.05) is 0 Å². The number of carbonyl (C=O) groups is 2. The first-order valence-corrected chi connectivity index (χ1v) is 7.43. The highest BCUT2D eigenvalue weighted by Gasteiger charge is 2.09. The molecule has 1 aromatic heterocycles. The second-order valence-corrected chi connectivity index (χ2v) is 5.41. The molecule has 0 fully saturated rings. The number of hydrogen-bond acceptors (Lipinski definition) is 3. The van der Waals surface area contributed by atoms with E-state index in [1.54, 1.807) is 16.8 Å². The minimum Gasteiger partial charge on any atom is -0.351 e. The first kappa shape index (κ1) is 15.5. The van der Waals surface area contributed by atoms with Crippen molar-refractivity contribution in [3.05, 3.63) is 51.4 Å². The third-order valence-corrected chi connectivity index (χ3v) is 3.54. The SMILES string of the molecule is O=C(CCNC(=O)c1ccsc1)Nc1ccc(Cl)cc1F. The molecule has 0 unspecified atom stereocenters. The maximum atomic E-state index is 13.5. The van der Waals surface area contributed by atoms with Crippen molar-refractivity contribution in [1.82, 2.24) is 5.32 Å². The molecule has 1 aromatic carbocycles. The lowest BCUT2D eigenvalue weighted by atomic mass is 10.3. The van der Waals surface area contributed by atoms with E-state index >= 15 is 0 Å². The van der Waals surface area contributed by atoms with Gasteiger partial charge in [0.1, 0.15) is 5.82 Å². The lowest BCUT2D eigenvalue weighted by molar-refractivity contribution is -0.116. The lowest BCUT2D eigenvalue weighted by Crippen LogP contribution is -2.27. The summed E-state index contributed by atoms with van der Waals surface area (Å²) in [7, 11) is 0. The second-order valence-electron chi connectivity index (χ2n) is 4.19. The van der Waals surface area contributed by atoms with Crippen molar-refractivity contribution < 1.29 is 14.0 Å². The maximum Gasteiger partial charge on any atom is 0.252 e. The number of hydrogen-bond donors (Lipinski definition) is 2. The van der Waals surface area contributed by atoms with E-state index in [9.17, 15) is 14.0 Å². The van der Waals surface area contributed by atoms with Gasteiger partial charge in [-0.15, -0.1) is 0 Å². The van der Waals surface area contributed by atoms with E-state index < -0.39 is 5.82 Å². The zero-order chi connectivity index (χ0) is 15.2. The van der Waals surface area contributed by atoms with E-state index in [0.29, 0.717) is 5.56 Å². The Hall–Kier alpha value is -1.92. The van der Waals surface area contributed by atoms with Gasteiger partial charge >= 0.3 is 0 Å². The summed E-state index contributed by atoms with van der Waals surface area (Å²) in [5.41, 5.74) is 0.623. The maximum absolute atomic E-state index is 13.5. The van der Waals surface area contributed by atoms with Gasteiger partial charge in [0.05, 0.1) is 5.69 Å². The van der Waals surface area contributed by atoms with Crippen molar-refractivity contribution in [2.75, 3.05) is 11.9 Å². The van der Waals surface area contributed by atoms with Crippen LogP contribution in [-0.2, 0) is 4.79 Å². The van der Waals surface area contributed by atoms with Gasteiger partial charge in [0, 0.05) is 28.9 Å². The molecule has 2 amide bonds. The molecule has 0 saturated heterocycles. The lowest BCUT2D eigenvalue weighted by Gasteiger charge is -2.07. The van der Waals surface area contributed by atoms with Crippen LogP contribution in [0.3, 0.4) is 0 Å². The van der Waals surface area contributed by atoms with Gasteiger partial charge in [-0.1, -0.05) is 11.6 Å². The van der Waals surface area contributed by atoms with Crippen molar-refractivity contribution >= 4 is 40.4 Å². The van der Waals surface area contributed by atoms with Gasteiger partial charge in [-0.25, -0.2) is 4.39 Å². The molecule has 21 heavy (non-hydrogen) atoms. The van der Waals surface area contributed by atoms with E-state index in [4.69, 9.17) is 11.6 Å². The summed E-state index contributed by atoms with van der Waals surface area (Å²) in [4.78, 5) is 23.3. The van der Waals surface area contributed by atoms with E-state index in [0.717, 1.165) is 6.07 Å². The average Bonchev–Trinajstić information content (AvgIpc) is 2.96. The fraction of sp³-hybridized carbons (Fsp3) is 0.143. The van der Waals surface area contributed by atoms with Crippen LogP contribution in [0.2, 0.25) is 5.02 Å². The highest BCUT2D eigenvalue weighted by atomic mass is 35.5. The topological polar surface area (TPSA) is 58.2 Å². The Morgan fingerprint density at radius 3 is 2.76 bits per heavy atom. The number of amides is 2. The smallest absolute Gasteiger partial charge is 0.252 e. The molecule has 0 aliphatic carbocycles. The molecule has 0 saturated carbocycles. The van der Waals surface area contributed by atoms with E-state index in [2.05, 4.69) is 10.6 Å². The highest BCUT2D eigenvalue weighted by molar-refractivity contribution is 7.08. The molecule has 7 heteroatoms. The monoisotopic (exact) mass is 326 g/mol. The summed E-state index contributed by atoms with van der Waals surface area (Å²) in [6.07, 6.45) is 0.0535. The van der Waals surface area contributed by atoms with Crippen LogP contribution in [0.1, 0.15) is 16.8 Å². The molecule has 4 nitrogen and oxygen atoms in total. The molecule has 0 spiro atoms. The Labute approximate surface area is 129 Å². The van der Waals surface area contributed by atoms with Crippen LogP contribution in [0, 0.1) is 5.82 Å². The van der Waals surface area contributed by atoms with Crippen molar-refractivity contribution in [1.29, 1.82) is 0 Å². The quantitative estimate of drug-likeness (QED) is 0.885. The van der Waals surface area contributed by atoms with E-state index in [1.165, 1.54) is 23.5 Å². The number of rotatable bonds is 5. The number of benzene rings is 1. The van der Waals surface area contributed by atoms with Crippen LogP contribution in [0.25, 0.3) is 0 Å². The average molecular weight is 327 g/mol. The largest absolute Gasteiger partial charge is 0.351 e. The highest BCUT2D eigenvalue weighted by Crippen LogP contribution is 2.18. The molecule has 0 bridgehead atoms. The van der Waals surface area contributed by atoms with Crippen LogP contribution >= 0.6 is 22.9 Å². The minimum absolute atomic E-state index is 0.0535. The van der Waals surface area contributed by atoms with Gasteiger partial charge in [-0.3, -0.25) is 9.59 Å². The molecule has 2 rings (SSSR count). The van der Waals surface area contributed by atoms with Crippen LogP contribution in [0.5, 0.6) is 0 Å². The van der Waals surface area contributed by atoms with Crippen molar-refractivity contribution in [2.24, 2.45) is 0 Å². The summed E-state index contributed by atoms with van der Waals surface area (Å²) >= 11 is 7.04. The van der Waals surface area contributed by atoms with E-state index in [-0.39, 0.29) is 35.5 Å². The van der Waals surface area contributed by atoms with Crippen molar-refractivity contribution in [2.45, 2.75) is 6.42 Å². The summed E-state index contributed by atoms with van der Waals surface area (Å²) in [6.45, 7) is 0.176. The standard InChI is InChI=1S/C14H12ClFN2O2S/c15-10-1-2-12(11(16)7-10)18-13(19)3-5-17-14(20)9-4-6-21-8-9/h1-2,4,6-8H,3,5H2,(H,17,20)(H,18,19). The molecule has 2 N–H and O–H groups in total. The third-order valence-electron chi connectivity index (χ3n) is 2.63. The number of anilines is 1. The minimum atomic E-state index is -0.599. The Morgan fingerprint density at radius 1 is 1.29 bits per heavy atom. The first-order valence-electron chi connectivity index (χ1n) is 6.11. The van der Waals surface area contributed by atoms with Crippen LogP contribution < -0.4 is 10.6 Å². The Balaban J connectivity index is 1.78. The molecule has 0 radical (unpaired) electrons. The summed E-state index contributed by atoms with van der Waals surface area (Å²) in [5, 5.41) is 8.82. The Bertz CT molecular complexity index is 646. The van der Waals surface area contributed by atoms with Gasteiger partial charge < -0.3 is 10.6 Å². The summed E-state index contributed by atoms with van der Waals surface area (Å²) in [6, 6.07) is 5.69. The van der Waals surface area contributed by atoms with Crippen molar-refractivity contribution in [3.8, 4) is 0 Å². The van der Waals surface area contributed by atoms with Crippen LogP contribution in [-0.4, -0.2) is 18.4 Å². The molecule has 1 heterocycles. The first-order chi connectivity index (χ1) is 10.1. The molecule has 110 valence electrons. The predicted octanol–water partition coefficient (Wildman–Crippen LogP) is 3.30. The third kappa shape index (κ3) is 4.54. The van der Waals surface area contributed by atoms with Gasteiger partial charge in [0.15, 0.2) is 0 Å². The molecular formula is C14H12ClFN2O2S. The molecule has 0 atom stereocenters. The number of carbonyl (C=O) groups excluding carboxylic acids is 2. The Kier molecular flexibility index (Phi) is 5.30. The fourth-order valence-electron chi connectivity index (χ4n) is 1.59. The fourth-order valence-corrected chi connectivity index (χ4v) is 2.38. The molecule has 0 aliphatic rings. The van der Waals surface area contributed by atoms with Crippen LogP contribution in [0.15, 0.2) is 35.0 Å². The number of halogens is 2. The summed E-state index contributed by atoms with van der Waals surface area (Å²) < 4.78 is 13.5. The predicted molar refractivity (Wildman–Crippen MR) is 81.3 cm³/mol.